The molecule has 0 aliphatic rings. The van der Waals surface area contributed by atoms with Crippen LogP contribution >= 0.6 is 0 Å². The molecule has 3 nitrogen and oxygen atoms in total. The molecule has 0 aliphatic heterocycles. The van der Waals surface area contributed by atoms with Crippen molar-refractivity contribution in [2.24, 2.45) is 0 Å². The lowest BCUT2D eigenvalue weighted by atomic mass is 10.0. The fourth-order valence-electron chi connectivity index (χ4n) is 2.92. The molecule has 3 aromatic carbocycles. The highest BCUT2D eigenvalue weighted by atomic mass is 19.4. The first kappa shape index (κ1) is 17.2. The predicted octanol–water partition coefficient (Wildman–Crippen LogP) is 5.30. The number of aromatic nitrogens is 3. The minimum atomic E-state index is -4.57. The monoisotopic (exact) mass is 371 g/mol. The quantitative estimate of drug-likeness (QED) is 0.457. The van der Waals surface area contributed by atoms with Gasteiger partial charge >= 0.3 is 6.18 Å². The SMILES string of the molecule is Fc1cc(C(F)(F)F)ccc1-c1ccc(Cn2nnc3ccccc32)cc1. The highest BCUT2D eigenvalue weighted by molar-refractivity contribution is 5.74. The van der Waals surface area contributed by atoms with Gasteiger partial charge in [0.05, 0.1) is 17.6 Å². The normalized spacial score (nSPS) is 11.9. The molecular formula is C20H13F4N3. The highest BCUT2D eigenvalue weighted by Gasteiger charge is 2.31. The summed E-state index contributed by atoms with van der Waals surface area (Å²) in [4.78, 5) is 0. The Morgan fingerprint density at radius 2 is 1.63 bits per heavy atom. The van der Waals surface area contributed by atoms with E-state index in [0.29, 0.717) is 18.2 Å². The van der Waals surface area contributed by atoms with Gasteiger partial charge in [-0.1, -0.05) is 47.7 Å². The van der Waals surface area contributed by atoms with Crippen LogP contribution in [-0.4, -0.2) is 15.0 Å². The summed E-state index contributed by atoms with van der Waals surface area (Å²) in [5, 5.41) is 8.21. The molecule has 0 N–H and O–H groups in total. The van der Waals surface area contributed by atoms with Gasteiger partial charge in [-0.15, -0.1) is 5.10 Å². The molecule has 0 unspecified atom stereocenters. The summed E-state index contributed by atoms with van der Waals surface area (Å²) in [5.74, 6) is -0.903. The van der Waals surface area contributed by atoms with Crippen molar-refractivity contribution in [2.75, 3.05) is 0 Å². The van der Waals surface area contributed by atoms with E-state index in [9.17, 15) is 17.6 Å². The van der Waals surface area contributed by atoms with Crippen LogP contribution in [0.1, 0.15) is 11.1 Å². The molecule has 7 heteroatoms. The van der Waals surface area contributed by atoms with Crippen molar-refractivity contribution in [3.05, 3.63) is 83.7 Å². The molecule has 136 valence electrons. The summed E-state index contributed by atoms with van der Waals surface area (Å²) in [7, 11) is 0. The zero-order chi connectivity index (χ0) is 19.0. The number of benzene rings is 3. The first-order chi connectivity index (χ1) is 12.9. The standard InChI is InChI=1S/C20H13F4N3/c21-17-11-15(20(22,23)24)9-10-16(17)14-7-5-13(6-8-14)12-27-19-4-2-1-3-18(19)25-26-27/h1-11H,12H2. The number of fused-ring (bicyclic) bond motifs is 1. The second kappa shape index (κ2) is 6.50. The summed E-state index contributed by atoms with van der Waals surface area (Å²) in [6.45, 7) is 0.482. The molecule has 0 saturated heterocycles. The molecule has 0 spiro atoms. The molecule has 0 radical (unpaired) electrons. The Kier molecular flexibility index (Phi) is 4.14. The van der Waals surface area contributed by atoms with Crippen molar-refractivity contribution >= 4 is 11.0 Å². The van der Waals surface area contributed by atoms with Crippen molar-refractivity contribution in [3.8, 4) is 11.1 Å². The van der Waals surface area contributed by atoms with E-state index in [2.05, 4.69) is 10.3 Å². The maximum atomic E-state index is 14.1. The first-order valence-corrected chi connectivity index (χ1v) is 8.16. The van der Waals surface area contributed by atoms with Crippen molar-refractivity contribution in [1.82, 2.24) is 15.0 Å². The van der Waals surface area contributed by atoms with Gasteiger partial charge in [0.25, 0.3) is 0 Å². The fourth-order valence-corrected chi connectivity index (χ4v) is 2.92. The van der Waals surface area contributed by atoms with Gasteiger partial charge < -0.3 is 0 Å². The van der Waals surface area contributed by atoms with Gasteiger partial charge in [0.15, 0.2) is 0 Å². The number of hydrogen-bond donors (Lipinski definition) is 0. The topological polar surface area (TPSA) is 30.7 Å². The van der Waals surface area contributed by atoms with Gasteiger partial charge in [0, 0.05) is 5.56 Å². The van der Waals surface area contributed by atoms with Crippen molar-refractivity contribution in [1.29, 1.82) is 0 Å². The van der Waals surface area contributed by atoms with Crippen molar-refractivity contribution < 1.29 is 17.6 Å². The Hall–Kier alpha value is -3.22. The van der Waals surface area contributed by atoms with Gasteiger partial charge in [0.1, 0.15) is 11.3 Å². The van der Waals surface area contributed by atoms with Crippen LogP contribution in [0.2, 0.25) is 0 Å². The van der Waals surface area contributed by atoms with Crippen LogP contribution in [0.5, 0.6) is 0 Å². The van der Waals surface area contributed by atoms with E-state index in [4.69, 9.17) is 0 Å². The Morgan fingerprint density at radius 3 is 2.33 bits per heavy atom. The summed E-state index contributed by atoms with van der Waals surface area (Å²) in [6.07, 6.45) is -4.57. The first-order valence-electron chi connectivity index (χ1n) is 8.16. The van der Waals surface area contributed by atoms with Gasteiger partial charge in [0.2, 0.25) is 0 Å². The summed E-state index contributed by atoms with van der Waals surface area (Å²) in [6, 6.07) is 17.1. The number of halogens is 4. The molecule has 1 aromatic heterocycles. The maximum absolute atomic E-state index is 14.1. The molecular weight excluding hydrogens is 358 g/mol. The number of rotatable bonds is 3. The van der Waals surface area contributed by atoms with Crippen LogP contribution in [0.3, 0.4) is 0 Å². The average Bonchev–Trinajstić information content (AvgIpc) is 3.05. The third-order valence-electron chi connectivity index (χ3n) is 4.31. The Labute approximate surface area is 151 Å². The van der Waals surface area contributed by atoms with Crippen LogP contribution in [0, 0.1) is 5.82 Å². The van der Waals surface area contributed by atoms with Gasteiger partial charge in [-0.05, 0) is 35.4 Å². The molecule has 0 bridgehead atoms. The second-order valence-corrected chi connectivity index (χ2v) is 6.13. The predicted molar refractivity (Wildman–Crippen MR) is 93.5 cm³/mol. The Balaban J connectivity index is 1.59. The molecule has 0 atom stereocenters. The number of hydrogen-bond acceptors (Lipinski definition) is 2. The molecule has 4 aromatic rings. The van der Waals surface area contributed by atoms with Gasteiger partial charge in [-0.25, -0.2) is 9.07 Å². The van der Waals surface area contributed by atoms with E-state index < -0.39 is 17.6 Å². The lowest BCUT2D eigenvalue weighted by Crippen LogP contribution is -2.05. The van der Waals surface area contributed by atoms with Gasteiger partial charge in [-0.3, -0.25) is 0 Å². The minimum Gasteiger partial charge on any atom is -0.240 e. The zero-order valence-electron chi connectivity index (χ0n) is 13.9. The van der Waals surface area contributed by atoms with Gasteiger partial charge in [-0.2, -0.15) is 13.2 Å². The Bertz CT molecular complexity index is 1100. The number of nitrogens with zero attached hydrogens (tertiary/aromatic N) is 3. The molecule has 1 heterocycles. The molecule has 27 heavy (non-hydrogen) atoms. The zero-order valence-corrected chi connectivity index (χ0v) is 13.9. The van der Waals surface area contributed by atoms with E-state index in [1.165, 1.54) is 0 Å². The van der Waals surface area contributed by atoms with Crippen LogP contribution < -0.4 is 0 Å². The molecule has 4 rings (SSSR count). The van der Waals surface area contributed by atoms with Crippen LogP contribution in [-0.2, 0) is 12.7 Å². The Morgan fingerprint density at radius 1 is 0.889 bits per heavy atom. The van der Waals surface area contributed by atoms with Crippen LogP contribution in [0.4, 0.5) is 17.6 Å². The molecule has 0 aliphatic carbocycles. The number of alkyl halides is 3. The second-order valence-electron chi connectivity index (χ2n) is 6.13. The third-order valence-corrected chi connectivity index (χ3v) is 4.31. The average molecular weight is 371 g/mol. The molecule has 0 saturated carbocycles. The molecule has 0 amide bonds. The van der Waals surface area contributed by atoms with Crippen LogP contribution in [0.15, 0.2) is 66.7 Å². The van der Waals surface area contributed by atoms with Crippen LogP contribution in [0.25, 0.3) is 22.2 Å². The van der Waals surface area contributed by atoms with E-state index in [1.54, 1.807) is 28.9 Å². The lowest BCUT2D eigenvalue weighted by Gasteiger charge is -2.10. The summed E-state index contributed by atoms with van der Waals surface area (Å²) in [5.41, 5.74) is 2.24. The van der Waals surface area contributed by atoms with E-state index in [-0.39, 0.29) is 5.56 Å². The number of para-hydroxylation sites is 1. The lowest BCUT2D eigenvalue weighted by molar-refractivity contribution is -0.137. The van der Waals surface area contributed by atoms with E-state index in [1.807, 2.05) is 24.3 Å². The van der Waals surface area contributed by atoms with E-state index in [0.717, 1.165) is 28.7 Å². The van der Waals surface area contributed by atoms with Crippen molar-refractivity contribution in [2.45, 2.75) is 12.7 Å². The third kappa shape index (κ3) is 3.40. The summed E-state index contributed by atoms with van der Waals surface area (Å²) >= 11 is 0. The van der Waals surface area contributed by atoms with Crippen molar-refractivity contribution in [3.63, 3.8) is 0 Å². The minimum absolute atomic E-state index is 0.126. The fraction of sp³-hybridized carbons (Fsp3) is 0.100. The summed E-state index contributed by atoms with van der Waals surface area (Å²) < 4.78 is 53.9. The largest absolute Gasteiger partial charge is 0.416 e. The molecule has 0 fully saturated rings. The smallest absolute Gasteiger partial charge is 0.240 e. The maximum Gasteiger partial charge on any atom is 0.416 e. The van der Waals surface area contributed by atoms with E-state index >= 15 is 0 Å². The highest BCUT2D eigenvalue weighted by Crippen LogP contribution is 2.32.